The van der Waals surface area contributed by atoms with Crippen LogP contribution in [0.3, 0.4) is 0 Å². The van der Waals surface area contributed by atoms with Crippen molar-refractivity contribution in [2.45, 2.75) is 13.8 Å². The van der Waals surface area contributed by atoms with Gasteiger partial charge in [-0.25, -0.2) is 4.39 Å². The zero-order valence-corrected chi connectivity index (χ0v) is 18.2. The van der Waals surface area contributed by atoms with E-state index in [1.165, 1.54) is 30.3 Å². The van der Waals surface area contributed by atoms with Crippen LogP contribution in [0.25, 0.3) is 6.08 Å². The van der Waals surface area contributed by atoms with Crippen molar-refractivity contribution in [3.63, 3.8) is 0 Å². The van der Waals surface area contributed by atoms with Crippen molar-refractivity contribution in [1.29, 1.82) is 5.26 Å². The Labute approximate surface area is 191 Å². The van der Waals surface area contributed by atoms with E-state index in [0.29, 0.717) is 22.7 Å². The number of carbonyl (C=O) groups excluding carboxylic acids is 2. The van der Waals surface area contributed by atoms with Gasteiger partial charge >= 0.3 is 0 Å². The van der Waals surface area contributed by atoms with Gasteiger partial charge in [0.2, 0.25) is 0 Å². The molecule has 0 fully saturated rings. The maximum absolute atomic E-state index is 12.9. The molecule has 3 rings (SSSR count). The van der Waals surface area contributed by atoms with E-state index >= 15 is 0 Å². The van der Waals surface area contributed by atoms with Gasteiger partial charge in [0.25, 0.3) is 11.8 Å². The van der Waals surface area contributed by atoms with Crippen LogP contribution >= 0.6 is 0 Å². The summed E-state index contributed by atoms with van der Waals surface area (Å²) in [5, 5.41) is 14.8. The Morgan fingerprint density at radius 1 is 1.00 bits per heavy atom. The molecular weight excluding hydrogens is 421 g/mol. The van der Waals surface area contributed by atoms with Gasteiger partial charge in [-0.2, -0.15) is 5.26 Å². The fourth-order valence-electron chi connectivity index (χ4n) is 2.93. The Kier molecular flexibility index (Phi) is 7.55. The number of nitriles is 1. The summed E-state index contributed by atoms with van der Waals surface area (Å²) in [7, 11) is 0. The summed E-state index contributed by atoms with van der Waals surface area (Å²) in [6, 6.07) is 19.5. The predicted octanol–water partition coefficient (Wildman–Crippen LogP) is 5.01. The van der Waals surface area contributed by atoms with Gasteiger partial charge in [0, 0.05) is 11.4 Å². The zero-order chi connectivity index (χ0) is 23.8. The molecule has 3 aromatic rings. The lowest BCUT2D eigenvalue weighted by molar-refractivity contribution is -0.118. The third-order valence-corrected chi connectivity index (χ3v) is 4.91. The van der Waals surface area contributed by atoms with E-state index in [1.807, 2.05) is 32.0 Å². The van der Waals surface area contributed by atoms with Crippen LogP contribution in [0.2, 0.25) is 0 Å². The Morgan fingerprint density at radius 2 is 1.70 bits per heavy atom. The number of carbonyl (C=O) groups is 2. The van der Waals surface area contributed by atoms with Crippen molar-refractivity contribution in [2.75, 3.05) is 17.2 Å². The Balaban J connectivity index is 1.59. The van der Waals surface area contributed by atoms with Crippen LogP contribution < -0.4 is 15.4 Å². The average molecular weight is 443 g/mol. The van der Waals surface area contributed by atoms with Crippen LogP contribution in [0, 0.1) is 31.0 Å². The highest BCUT2D eigenvalue weighted by Gasteiger charge is 2.12. The van der Waals surface area contributed by atoms with E-state index in [2.05, 4.69) is 10.6 Å². The summed E-state index contributed by atoms with van der Waals surface area (Å²) < 4.78 is 18.4. The molecule has 0 saturated carbocycles. The quantitative estimate of drug-likeness (QED) is 0.397. The summed E-state index contributed by atoms with van der Waals surface area (Å²) >= 11 is 0. The second-order valence-electron chi connectivity index (χ2n) is 7.28. The molecule has 0 bridgehead atoms. The average Bonchev–Trinajstić information content (AvgIpc) is 2.81. The molecule has 2 amide bonds. The van der Waals surface area contributed by atoms with Crippen molar-refractivity contribution >= 4 is 29.3 Å². The topological polar surface area (TPSA) is 91.2 Å². The maximum atomic E-state index is 12.9. The summed E-state index contributed by atoms with van der Waals surface area (Å²) in [4.78, 5) is 24.5. The Morgan fingerprint density at radius 3 is 2.36 bits per heavy atom. The molecule has 0 aromatic heterocycles. The van der Waals surface area contributed by atoms with Gasteiger partial charge in [0.05, 0.1) is 0 Å². The molecule has 166 valence electrons. The molecule has 3 aromatic carbocycles. The number of anilines is 2. The van der Waals surface area contributed by atoms with E-state index < -0.39 is 5.91 Å². The SMILES string of the molecule is Cc1cccc(NC(=O)C(C#N)=Cc2ccc(OCC(=O)Nc3ccc(F)cc3)cc2)c1C. The minimum absolute atomic E-state index is 0.0387. The normalized spacial score (nSPS) is 10.8. The van der Waals surface area contributed by atoms with Crippen molar-refractivity contribution in [2.24, 2.45) is 0 Å². The molecule has 0 unspecified atom stereocenters. The van der Waals surface area contributed by atoms with Crippen molar-refractivity contribution in [3.8, 4) is 11.8 Å². The first kappa shape index (κ1) is 23.2. The summed E-state index contributed by atoms with van der Waals surface area (Å²) in [5.41, 5.74) is 3.69. The minimum Gasteiger partial charge on any atom is -0.484 e. The summed E-state index contributed by atoms with van der Waals surface area (Å²) in [6.07, 6.45) is 1.48. The Hall–Kier alpha value is -4.44. The van der Waals surface area contributed by atoms with Crippen LogP contribution in [0.5, 0.6) is 5.75 Å². The molecule has 6 nitrogen and oxygen atoms in total. The number of aryl methyl sites for hydroxylation is 1. The zero-order valence-electron chi connectivity index (χ0n) is 18.2. The van der Waals surface area contributed by atoms with E-state index in [4.69, 9.17) is 4.74 Å². The second kappa shape index (κ2) is 10.7. The van der Waals surface area contributed by atoms with Crippen LogP contribution in [-0.4, -0.2) is 18.4 Å². The van der Waals surface area contributed by atoms with Gasteiger partial charge in [-0.1, -0.05) is 24.3 Å². The lowest BCUT2D eigenvalue weighted by Gasteiger charge is -2.10. The van der Waals surface area contributed by atoms with Crippen LogP contribution in [0.1, 0.15) is 16.7 Å². The van der Waals surface area contributed by atoms with E-state index in [1.54, 1.807) is 30.3 Å². The van der Waals surface area contributed by atoms with E-state index in [0.717, 1.165) is 11.1 Å². The van der Waals surface area contributed by atoms with E-state index in [-0.39, 0.29) is 23.9 Å². The molecule has 0 radical (unpaired) electrons. The predicted molar refractivity (Wildman–Crippen MR) is 125 cm³/mol. The molecule has 0 aliphatic rings. The first-order valence-electron chi connectivity index (χ1n) is 10.1. The van der Waals surface area contributed by atoms with Gasteiger partial charge in [-0.15, -0.1) is 0 Å². The molecule has 0 aliphatic carbocycles. The molecule has 7 heteroatoms. The summed E-state index contributed by atoms with van der Waals surface area (Å²) in [6.45, 7) is 3.62. The van der Waals surface area contributed by atoms with Gasteiger partial charge in [-0.05, 0) is 79.1 Å². The number of nitrogens with zero attached hydrogens (tertiary/aromatic N) is 1. The molecule has 0 heterocycles. The van der Waals surface area contributed by atoms with Gasteiger partial charge in [0.1, 0.15) is 23.2 Å². The second-order valence-corrected chi connectivity index (χ2v) is 7.28. The fraction of sp³-hybridized carbons (Fsp3) is 0.115. The molecule has 33 heavy (non-hydrogen) atoms. The monoisotopic (exact) mass is 443 g/mol. The smallest absolute Gasteiger partial charge is 0.266 e. The standard InChI is InChI=1S/C26H22FN3O3/c1-17-4-3-5-24(18(17)2)30-26(32)20(15-28)14-19-6-12-23(13-7-19)33-16-25(31)29-22-10-8-21(27)9-11-22/h3-14H,16H2,1-2H3,(H,29,31)(H,30,32). The molecule has 2 N–H and O–H groups in total. The van der Waals surface area contributed by atoms with Crippen LogP contribution in [-0.2, 0) is 9.59 Å². The maximum Gasteiger partial charge on any atom is 0.266 e. The first-order chi connectivity index (χ1) is 15.9. The fourth-order valence-corrected chi connectivity index (χ4v) is 2.93. The highest BCUT2D eigenvalue weighted by Crippen LogP contribution is 2.20. The van der Waals surface area contributed by atoms with Crippen molar-refractivity contribution in [1.82, 2.24) is 0 Å². The number of amides is 2. The number of rotatable bonds is 7. The molecule has 0 saturated heterocycles. The van der Waals surface area contributed by atoms with E-state index in [9.17, 15) is 19.2 Å². The molecule has 0 spiro atoms. The van der Waals surface area contributed by atoms with Crippen LogP contribution in [0.4, 0.5) is 15.8 Å². The molecule has 0 aliphatic heterocycles. The minimum atomic E-state index is -0.496. The number of benzene rings is 3. The number of hydrogen-bond donors (Lipinski definition) is 2. The third kappa shape index (κ3) is 6.52. The lowest BCUT2D eigenvalue weighted by atomic mass is 10.1. The molecule has 0 atom stereocenters. The number of ether oxygens (including phenoxy) is 1. The van der Waals surface area contributed by atoms with Gasteiger partial charge < -0.3 is 15.4 Å². The number of halogens is 1. The highest BCUT2D eigenvalue weighted by atomic mass is 19.1. The number of hydrogen-bond acceptors (Lipinski definition) is 4. The van der Waals surface area contributed by atoms with Crippen molar-refractivity contribution < 1.29 is 18.7 Å². The largest absolute Gasteiger partial charge is 0.484 e. The first-order valence-corrected chi connectivity index (χ1v) is 10.1. The lowest BCUT2D eigenvalue weighted by Crippen LogP contribution is -2.20. The van der Waals surface area contributed by atoms with Gasteiger partial charge in [-0.3, -0.25) is 9.59 Å². The van der Waals surface area contributed by atoms with Crippen LogP contribution in [0.15, 0.2) is 72.3 Å². The van der Waals surface area contributed by atoms with Gasteiger partial charge in [0.15, 0.2) is 6.61 Å². The molecular formula is C26H22FN3O3. The van der Waals surface area contributed by atoms with Crippen molar-refractivity contribution in [3.05, 3.63) is 94.8 Å². The Bertz CT molecular complexity index is 1230. The third-order valence-electron chi connectivity index (χ3n) is 4.91. The number of nitrogens with one attached hydrogen (secondary N) is 2. The highest BCUT2D eigenvalue weighted by molar-refractivity contribution is 6.10. The summed E-state index contributed by atoms with van der Waals surface area (Å²) in [5.74, 6) is -0.829.